The van der Waals surface area contributed by atoms with Crippen LogP contribution in [0.5, 0.6) is 0 Å². The molecule has 1 amide bonds. The number of fused-ring (bicyclic) bond motifs is 1. The van der Waals surface area contributed by atoms with Crippen molar-refractivity contribution in [2.75, 3.05) is 5.32 Å². The van der Waals surface area contributed by atoms with Crippen molar-refractivity contribution in [2.45, 2.75) is 6.92 Å². The highest BCUT2D eigenvalue weighted by molar-refractivity contribution is 6.43. The predicted molar refractivity (Wildman–Crippen MR) is 135 cm³/mol. The number of benzene rings is 3. The molecule has 0 atom stereocenters. The summed E-state index contributed by atoms with van der Waals surface area (Å²) >= 11 is 12.3. The van der Waals surface area contributed by atoms with Crippen LogP contribution >= 0.6 is 23.2 Å². The van der Waals surface area contributed by atoms with E-state index in [9.17, 15) is 9.18 Å². The number of nitrogens with zero attached hydrogens (tertiary/aromatic N) is 3. The Morgan fingerprint density at radius 2 is 1.77 bits per heavy atom. The molecular weight excluding hydrogens is 490 g/mol. The Balaban J connectivity index is 1.32. The summed E-state index contributed by atoms with van der Waals surface area (Å²) in [5, 5.41) is 12.6. The third kappa shape index (κ3) is 4.82. The summed E-state index contributed by atoms with van der Waals surface area (Å²) in [6.45, 7) is 1.86. The van der Waals surface area contributed by atoms with Crippen LogP contribution < -0.4 is 5.32 Å². The van der Waals surface area contributed by atoms with E-state index < -0.39 is 0 Å². The number of rotatable bonds is 5. The van der Waals surface area contributed by atoms with Crippen LogP contribution in [-0.4, -0.2) is 20.9 Å². The Kier molecular flexibility index (Phi) is 6.11. The molecule has 1 N–H and O–H groups in total. The number of aromatic nitrogens is 3. The molecule has 9 heteroatoms. The lowest BCUT2D eigenvalue weighted by Gasteiger charge is -2.05. The van der Waals surface area contributed by atoms with Crippen LogP contribution in [0.25, 0.3) is 34.1 Å². The van der Waals surface area contributed by atoms with Gasteiger partial charge in [-0.1, -0.05) is 29.3 Å². The molecule has 2 aromatic heterocycles. The lowest BCUT2D eigenvalue weighted by atomic mass is 10.1. The second-order valence-corrected chi connectivity index (χ2v) is 8.53. The van der Waals surface area contributed by atoms with Gasteiger partial charge in [-0.25, -0.2) is 4.39 Å². The first kappa shape index (κ1) is 22.8. The van der Waals surface area contributed by atoms with E-state index in [4.69, 9.17) is 27.6 Å². The largest absolute Gasteiger partial charge is 0.457 e. The topological polar surface area (TPSA) is 73.0 Å². The number of hydrogen-bond donors (Lipinski definition) is 1. The normalized spacial score (nSPS) is 11.4. The molecule has 0 aliphatic heterocycles. The summed E-state index contributed by atoms with van der Waals surface area (Å²) in [6, 6.07) is 18.2. The first-order valence-corrected chi connectivity index (χ1v) is 11.3. The van der Waals surface area contributed by atoms with Crippen LogP contribution in [0.2, 0.25) is 10.0 Å². The number of halogens is 3. The standard InChI is InChI=1S/C26H17Cl2FN4O2/c1-15-13-22-23(32-33(31-22)17-7-5-16(29)6-8-17)14-21(15)30-25(34)12-10-18-9-11-24(35-18)19-3-2-4-20(27)26(19)28/h2-14H,1H3,(H,30,34). The van der Waals surface area contributed by atoms with Crippen molar-refractivity contribution in [2.24, 2.45) is 0 Å². The van der Waals surface area contributed by atoms with Gasteiger partial charge in [-0.15, -0.1) is 10.2 Å². The van der Waals surface area contributed by atoms with E-state index in [1.54, 1.807) is 54.6 Å². The molecule has 6 nitrogen and oxygen atoms in total. The number of nitrogens with one attached hydrogen (secondary N) is 1. The maximum atomic E-state index is 13.2. The van der Waals surface area contributed by atoms with Crippen molar-refractivity contribution < 1.29 is 13.6 Å². The smallest absolute Gasteiger partial charge is 0.248 e. The zero-order valence-corrected chi connectivity index (χ0v) is 19.8. The minimum Gasteiger partial charge on any atom is -0.457 e. The third-order valence-electron chi connectivity index (χ3n) is 5.28. The van der Waals surface area contributed by atoms with Crippen molar-refractivity contribution in [3.8, 4) is 17.0 Å². The summed E-state index contributed by atoms with van der Waals surface area (Å²) < 4.78 is 19.0. The number of hydrogen-bond acceptors (Lipinski definition) is 4. The van der Waals surface area contributed by atoms with Crippen molar-refractivity contribution in [3.05, 3.63) is 100.0 Å². The first-order chi connectivity index (χ1) is 16.9. The van der Waals surface area contributed by atoms with Gasteiger partial charge in [0.2, 0.25) is 5.91 Å². The molecule has 5 aromatic rings. The van der Waals surface area contributed by atoms with Crippen molar-refractivity contribution in [3.63, 3.8) is 0 Å². The zero-order valence-electron chi connectivity index (χ0n) is 18.3. The number of anilines is 1. The average molecular weight is 507 g/mol. The highest BCUT2D eigenvalue weighted by Crippen LogP contribution is 2.34. The van der Waals surface area contributed by atoms with E-state index in [1.165, 1.54) is 23.0 Å². The molecule has 3 aromatic carbocycles. The highest BCUT2D eigenvalue weighted by Gasteiger charge is 2.12. The average Bonchev–Trinajstić information content (AvgIpc) is 3.47. The van der Waals surface area contributed by atoms with Crippen LogP contribution in [-0.2, 0) is 4.79 Å². The van der Waals surface area contributed by atoms with Crippen LogP contribution in [0.1, 0.15) is 11.3 Å². The van der Waals surface area contributed by atoms with Gasteiger partial charge in [0.15, 0.2) is 0 Å². The van der Waals surface area contributed by atoms with E-state index in [1.807, 2.05) is 13.0 Å². The molecule has 0 spiro atoms. The maximum absolute atomic E-state index is 13.2. The zero-order chi connectivity index (χ0) is 24.5. The van der Waals surface area contributed by atoms with Gasteiger partial charge >= 0.3 is 0 Å². The summed E-state index contributed by atoms with van der Waals surface area (Å²) in [5.41, 5.74) is 3.97. The Hall–Kier alpha value is -3.94. The monoisotopic (exact) mass is 506 g/mol. The number of amides is 1. The molecule has 0 aliphatic carbocycles. The molecule has 0 aliphatic rings. The Bertz CT molecular complexity index is 1590. The Morgan fingerprint density at radius 3 is 2.54 bits per heavy atom. The van der Waals surface area contributed by atoms with Gasteiger partial charge in [0.1, 0.15) is 28.4 Å². The molecule has 0 unspecified atom stereocenters. The minimum absolute atomic E-state index is 0.335. The molecule has 0 saturated heterocycles. The molecule has 0 fully saturated rings. The molecule has 0 radical (unpaired) electrons. The number of furan rings is 1. The molecule has 2 heterocycles. The Morgan fingerprint density at radius 1 is 1.03 bits per heavy atom. The van der Waals surface area contributed by atoms with Crippen molar-refractivity contribution in [1.29, 1.82) is 0 Å². The molecule has 35 heavy (non-hydrogen) atoms. The summed E-state index contributed by atoms with van der Waals surface area (Å²) in [6.07, 6.45) is 2.94. The van der Waals surface area contributed by atoms with Crippen LogP contribution in [0.4, 0.5) is 10.1 Å². The molecular formula is C26H17Cl2FN4O2. The van der Waals surface area contributed by atoms with Gasteiger partial charge < -0.3 is 9.73 Å². The van der Waals surface area contributed by atoms with Crippen LogP contribution in [0.3, 0.4) is 0 Å². The molecule has 0 bridgehead atoms. The second kappa shape index (κ2) is 9.37. The van der Waals surface area contributed by atoms with Gasteiger partial charge in [-0.2, -0.15) is 4.80 Å². The number of aryl methyl sites for hydroxylation is 1. The van der Waals surface area contributed by atoms with E-state index >= 15 is 0 Å². The molecule has 174 valence electrons. The third-order valence-corrected chi connectivity index (χ3v) is 6.10. The van der Waals surface area contributed by atoms with Gasteiger partial charge in [-0.3, -0.25) is 4.79 Å². The highest BCUT2D eigenvalue weighted by atomic mass is 35.5. The predicted octanol–water partition coefficient (Wildman–Crippen LogP) is 7.09. The van der Waals surface area contributed by atoms with Crippen molar-refractivity contribution >= 4 is 51.9 Å². The van der Waals surface area contributed by atoms with Crippen molar-refractivity contribution in [1.82, 2.24) is 15.0 Å². The molecule has 5 rings (SSSR count). The number of carbonyl (C=O) groups excluding carboxylic acids is 1. The first-order valence-electron chi connectivity index (χ1n) is 10.5. The molecule has 0 saturated carbocycles. The minimum atomic E-state index is -0.336. The van der Waals surface area contributed by atoms with E-state index in [0.29, 0.717) is 49.5 Å². The summed E-state index contributed by atoms with van der Waals surface area (Å²) in [4.78, 5) is 14.0. The summed E-state index contributed by atoms with van der Waals surface area (Å²) in [5.74, 6) is 0.360. The van der Waals surface area contributed by atoms with Gasteiger partial charge in [0.25, 0.3) is 0 Å². The van der Waals surface area contributed by atoms with Gasteiger partial charge in [0.05, 0.1) is 15.7 Å². The SMILES string of the molecule is Cc1cc2nn(-c3ccc(F)cc3)nc2cc1NC(=O)C=Cc1ccc(-c2cccc(Cl)c2Cl)o1. The van der Waals surface area contributed by atoms with E-state index in [2.05, 4.69) is 15.5 Å². The fraction of sp³-hybridized carbons (Fsp3) is 0.0385. The summed E-state index contributed by atoms with van der Waals surface area (Å²) in [7, 11) is 0. The number of carbonyl (C=O) groups is 1. The second-order valence-electron chi connectivity index (χ2n) is 7.75. The quantitative estimate of drug-likeness (QED) is 0.258. The van der Waals surface area contributed by atoms with E-state index in [-0.39, 0.29) is 11.7 Å². The lowest BCUT2D eigenvalue weighted by Crippen LogP contribution is -2.08. The fourth-order valence-corrected chi connectivity index (χ4v) is 3.90. The van der Waals surface area contributed by atoms with E-state index in [0.717, 1.165) is 5.56 Å². The maximum Gasteiger partial charge on any atom is 0.248 e. The van der Waals surface area contributed by atoms with Crippen LogP contribution in [0.15, 0.2) is 77.2 Å². The van der Waals surface area contributed by atoms with Gasteiger partial charge in [-0.05, 0) is 79.2 Å². The lowest BCUT2D eigenvalue weighted by molar-refractivity contribution is -0.111. The van der Waals surface area contributed by atoms with Gasteiger partial charge in [0, 0.05) is 17.3 Å². The fourth-order valence-electron chi connectivity index (χ4n) is 3.51. The van der Waals surface area contributed by atoms with Crippen LogP contribution in [0, 0.1) is 12.7 Å². The Labute approximate surface area is 209 Å².